The van der Waals surface area contributed by atoms with Gasteiger partial charge >= 0.3 is 26.0 Å². The molecule has 0 radical (unpaired) electrons. The number of phosphoric ester groups is 1. The van der Waals surface area contributed by atoms with E-state index in [4.69, 9.17) is 18.3 Å². The molecule has 54 heavy (non-hydrogen) atoms. The number of aromatic nitrogens is 3. The van der Waals surface area contributed by atoms with Crippen LogP contribution in [0.2, 0.25) is 0 Å². The Hall–Kier alpha value is -4.15. The lowest BCUT2D eigenvalue weighted by molar-refractivity contribution is -0.140. The first-order chi connectivity index (χ1) is 25.1. The SMILES string of the molecule is CCNC(=O)Nc1cc(-c2nc(C(F)(F)F)cs2)c(-c2ccc3c(c2)c(=O)c(C(=O)OCC)cn3[C@@H](CC)COP(=O)(OC(C)(C)C)OC(C)(C)C)cn1. The third-order valence-corrected chi connectivity index (χ3v) is 10.3. The third-order valence-electron chi connectivity index (χ3n) is 7.41. The van der Waals surface area contributed by atoms with Crippen LogP contribution in [0, 0.1) is 0 Å². The number of pyridine rings is 2. The Balaban J connectivity index is 1.90. The second-order valence-corrected chi connectivity index (χ2v) is 16.5. The van der Waals surface area contributed by atoms with Crippen LogP contribution >= 0.6 is 19.2 Å². The number of urea groups is 1. The number of ether oxygens (including phenoxy) is 1. The number of hydrogen-bond acceptors (Lipinski definition) is 11. The molecule has 0 aliphatic heterocycles. The molecule has 294 valence electrons. The molecule has 0 bridgehead atoms. The van der Waals surface area contributed by atoms with Crippen LogP contribution in [0.4, 0.5) is 23.8 Å². The van der Waals surface area contributed by atoms with Gasteiger partial charge in [0, 0.05) is 40.8 Å². The largest absolute Gasteiger partial charge is 0.475 e. The number of carbonyl (C=O) groups is 2. The van der Waals surface area contributed by atoms with Crippen molar-refractivity contribution in [2.24, 2.45) is 0 Å². The van der Waals surface area contributed by atoms with Crippen LogP contribution in [0.25, 0.3) is 32.6 Å². The number of alkyl halides is 3. The molecule has 0 aliphatic carbocycles. The summed E-state index contributed by atoms with van der Waals surface area (Å²) >= 11 is 0.746. The van der Waals surface area contributed by atoms with Crippen LogP contribution in [-0.4, -0.2) is 57.5 Å². The van der Waals surface area contributed by atoms with Gasteiger partial charge in [0.1, 0.15) is 16.4 Å². The van der Waals surface area contributed by atoms with Gasteiger partial charge in [-0.15, -0.1) is 11.3 Å². The zero-order chi connectivity index (χ0) is 40.2. The van der Waals surface area contributed by atoms with Crippen molar-refractivity contribution >= 4 is 47.9 Å². The number of phosphoric acid groups is 1. The number of benzene rings is 1. The van der Waals surface area contributed by atoms with Gasteiger partial charge in [-0.1, -0.05) is 13.0 Å². The smallest absolute Gasteiger partial charge is 0.462 e. The van der Waals surface area contributed by atoms with E-state index in [-0.39, 0.29) is 40.6 Å². The summed E-state index contributed by atoms with van der Waals surface area (Å²) in [5.74, 6) is -0.826. The van der Waals surface area contributed by atoms with Crippen molar-refractivity contribution < 1.29 is 45.6 Å². The predicted octanol–water partition coefficient (Wildman–Crippen LogP) is 9.23. The minimum absolute atomic E-state index is 0.00640. The van der Waals surface area contributed by atoms with Gasteiger partial charge in [-0.3, -0.25) is 23.7 Å². The summed E-state index contributed by atoms with van der Waals surface area (Å²) in [5.41, 5.74) is -2.60. The van der Waals surface area contributed by atoms with Gasteiger partial charge in [0.15, 0.2) is 5.69 Å². The Labute approximate surface area is 315 Å². The van der Waals surface area contributed by atoms with Crippen LogP contribution in [0.15, 0.2) is 46.8 Å². The molecule has 0 saturated heterocycles. The van der Waals surface area contributed by atoms with E-state index in [0.717, 1.165) is 16.7 Å². The van der Waals surface area contributed by atoms with Gasteiger partial charge < -0.3 is 14.6 Å². The first-order valence-corrected chi connectivity index (χ1v) is 19.5. The maximum Gasteiger partial charge on any atom is 0.475 e. The topological polar surface area (TPSA) is 160 Å². The van der Waals surface area contributed by atoms with E-state index in [1.54, 1.807) is 72.1 Å². The average molecular weight is 796 g/mol. The fourth-order valence-electron chi connectivity index (χ4n) is 5.27. The Morgan fingerprint density at radius 2 is 1.67 bits per heavy atom. The van der Waals surface area contributed by atoms with Crippen LogP contribution in [-0.2, 0) is 29.0 Å². The Bertz CT molecular complexity index is 2090. The van der Waals surface area contributed by atoms with Crippen molar-refractivity contribution in [3.63, 3.8) is 0 Å². The number of amides is 2. The number of thiazole rings is 1. The monoisotopic (exact) mass is 795 g/mol. The minimum Gasteiger partial charge on any atom is -0.462 e. The molecule has 3 aromatic heterocycles. The van der Waals surface area contributed by atoms with E-state index in [0.29, 0.717) is 29.6 Å². The van der Waals surface area contributed by atoms with Crippen molar-refractivity contribution in [1.29, 1.82) is 0 Å². The number of anilines is 1. The van der Waals surface area contributed by atoms with Crippen LogP contribution in [0.5, 0.6) is 0 Å². The summed E-state index contributed by atoms with van der Waals surface area (Å²) in [5, 5.41) is 6.05. The summed E-state index contributed by atoms with van der Waals surface area (Å²) in [7, 11) is -4.15. The molecule has 0 unspecified atom stereocenters. The number of halogens is 3. The first-order valence-electron chi connectivity index (χ1n) is 17.2. The minimum atomic E-state index is -4.70. The van der Waals surface area contributed by atoms with Crippen molar-refractivity contribution in [2.45, 2.75) is 92.2 Å². The molecule has 18 heteroatoms. The molecular weight excluding hydrogens is 750 g/mol. The Morgan fingerprint density at radius 3 is 2.22 bits per heavy atom. The van der Waals surface area contributed by atoms with E-state index in [9.17, 15) is 32.1 Å². The number of nitrogens with zero attached hydrogens (tertiary/aromatic N) is 3. The Morgan fingerprint density at radius 1 is 1.00 bits per heavy atom. The van der Waals surface area contributed by atoms with Gasteiger partial charge in [-0.25, -0.2) is 24.1 Å². The van der Waals surface area contributed by atoms with Crippen molar-refractivity contribution in [2.75, 3.05) is 25.1 Å². The van der Waals surface area contributed by atoms with Crippen LogP contribution < -0.4 is 16.1 Å². The normalized spacial score (nSPS) is 13.2. The molecular formula is C36H45F3N5O8PS. The Kier molecular flexibility index (Phi) is 13.2. The van der Waals surface area contributed by atoms with Gasteiger partial charge in [0.25, 0.3) is 0 Å². The molecule has 3 heterocycles. The number of esters is 1. The fourth-order valence-corrected chi connectivity index (χ4v) is 7.97. The predicted molar refractivity (Wildman–Crippen MR) is 201 cm³/mol. The molecule has 0 spiro atoms. The standard InChI is InChI=1S/C36H45F3N5O8PS/c1-10-22(19-50-53(48,51-34(4,5)6)52-35(7,8)9)44-18-26(32(46)49-12-3)30(45)24-15-21(13-14-27(24)44)25-17-41-29(43-33(47)40-11-2)16-23(25)31-42-28(20-54-31)36(37,38)39/h13-18,20,22H,10-12,19H2,1-9H3,(H2,40,41,43,47)/t22-/m0/s1. The van der Waals surface area contributed by atoms with E-state index in [1.165, 1.54) is 24.5 Å². The molecule has 2 amide bonds. The zero-order valence-electron chi connectivity index (χ0n) is 31.5. The zero-order valence-corrected chi connectivity index (χ0v) is 33.3. The van der Waals surface area contributed by atoms with E-state index in [2.05, 4.69) is 20.6 Å². The maximum atomic E-state index is 14.0. The number of hydrogen-bond donors (Lipinski definition) is 2. The van der Waals surface area contributed by atoms with Gasteiger partial charge in [0.05, 0.1) is 36.0 Å². The van der Waals surface area contributed by atoms with E-state index >= 15 is 0 Å². The lowest BCUT2D eigenvalue weighted by Gasteiger charge is -2.32. The molecule has 4 rings (SSSR count). The summed E-state index contributed by atoms with van der Waals surface area (Å²) in [6, 6.07) is 4.97. The highest BCUT2D eigenvalue weighted by Crippen LogP contribution is 2.56. The molecule has 13 nitrogen and oxygen atoms in total. The molecule has 0 saturated carbocycles. The van der Waals surface area contributed by atoms with Crippen LogP contribution in [0.3, 0.4) is 0 Å². The van der Waals surface area contributed by atoms with Gasteiger partial charge in [-0.05, 0) is 85.6 Å². The quantitative estimate of drug-likeness (QED) is 0.0987. The molecule has 2 N–H and O–H groups in total. The number of carbonyl (C=O) groups excluding carboxylic acids is 2. The number of nitrogens with one attached hydrogen (secondary N) is 2. The highest BCUT2D eigenvalue weighted by atomic mass is 32.1. The average Bonchev–Trinajstić information content (AvgIpc) is 3.56. The second kappa shape index (κ2) is 16.7. The van der Waals surface area contributed by atoms with Crippen molar-refractivity contribution in [3.05, 3.63) is 63.5 Å². The lowest BCUT2D eigenvalue weighted by Crippen LogP contribution is -2.28. The van der Waals surface area contributed by atoms with E-state index in [1.807, 2.05) is 6.92 Å². The molecule has 1 aromatic carbocycles. The van der Waals surface area contributed by atoms with Crippen molar-refractivity contribution in [3.8, 4) is 21.7 Å². The summed E-state index contributed by atoms with van der Waals surface area (Å²) in [6.45, 7) is 15.5. The molecule has 0 fully saturated rings. The molecule has 1 atom stereocenters. The lowest BCUT2D eigenvalue weighted by atomic mass is 9.99. The van der Waals surface area contributed by atoms with E-state index < -0.39 is 54.4 Å². The molecule has 4 aromatic rings. The summed E-state index contributed by atoms with van der Waals surface area (Å²) in [6.07, 6.45) is -1.60. The highest BCUT2D eigenvalue weighted by Gasteiger charge is 2.38. The summed E-state index contributed by atoms with van der Waals surface area (Å²) in [4.78, 5) is 47.5. The van der Waals surface area contributed by atoms with Crippen molar-refractivity contribution in [1.82, 2.24) is 19.9 Å². The first kappa shape index (κ1) is 42.6. The highest BCUT2D eigenvalue weighted by molar-refractivity contribution is 7.48. The third kappa shape index (κ3) is 10.7. The summed E-state index contributed by atoms with van der Waals surface area (Å²) < 4.78 is 79.1. The number of fused-ring (bicyclic) bond motifs is 1. The maximum absolute atomic E-state index is 14.0. The van der Waals surface area contributed by atoms with Gasteiger partial charge in [0.2, 0.25) is 5.43 Å². The van der Waals surface area contributed by atoms with Gasteiger partial charge in [-0.2, -0.15) is 13.2 Å². The fraction of sp³-hybridized carbons (Fsp3) is 0.472. The van der Waals surface area contributed by atoms with Crippen LogP contribution in [0.1, 0.15) is 90.8 Å². The molecule has 0 aliphatic rings. The number of rotatable bonds is 13. The second-order valence-electron chi connectivity index (χ2n) is 14.1.